The average molecular weight is 269 g/mol. The number of hydrogen-bond acceptors (Lipinski definition) is 2. The number of aryl methyl sites for hydroxylation is 2. The predicted molar refractivity (Wildman–Crippen MR) is 85.4 cm³/mol. The number of benzene rings is 2. The van der Waals surface area contributed by atoms with Gasteiger partial charge >= 0.3 is 0 Å². The van der Waals surface area contributed by atoms with Gasteiger partial charge in [0, 0.05) is 6.54 Å². The Balaban J connectivity index is 2.08. The van der Waals surface area contributed by atoms with E-state index in [0.29, 0.717) is 0 Å². The molecule has 2 rings (SSSR count). The normalized spacial score (nSPS) is 10.7. The van der Waals surface area contributed by atoms with Crippen LogP contribution in [0, 0.1) is 13.8 Å². The van der Waals surface area contributed by atoms with Gasteiger partial charge in [-0.05, 0) is 56.5 Å². The molecule has 0 atom stereocenters. The zero-order valence-electron chi connectivity index (χ0n) is 12.7. The molecule has 0 heterocycles. The minimum Gasteiger partial charge on any atom is -0.489 e. The molecule has 20 heavy (non-hydrogen) atoms. The molecule has 0 unspecified atom stereocenters. The van der Waals surface area contributed by atoms with Gasteiger partial charge in [0.15, 0.2) is 0 Å². The summed E-state index contributed by atoms with van der Waals surface area (Å²) in [6, 6.07) is 14.6. The molecule has 0 saturated carbocycles. The van der Waals surface area contributed by atoms with Crippen LogP contribution in [0.3, 0.4) is 0 Å². The molecule has 0 aliphatic carbocycles. The van der Waals surface area contributed by atoms with E-state index in [0.717, 1.165) is 18.0 Å². The zero-order valence-corrected chi connectivity index (χ0v) is 12.7. The first-order chi connectivity index (χ1) is 9.56. The van der Waals surface area contributed by atoms with Gasteiger partial charge in [-0.3, -0.25) is 0 Å². The molecule has 0 bridgehead atoms. The Morgan fingerprint density at radius 2 is 1.75 bits per heavy atom. The summed E-state index contributed by atoms with van der Waals surface area (Å²) in [6.45, 7) is 9.17. The fourth-order valence-corrected chi connectivity index (χ4v) is 2.08. The van der Waals surface area contributed by atoms with E-state index in [1.54, 1.807) is 0 Å². The van der Waals surface area contributed by atoms with Crippen molar-refractivity contribution in [3.8, 4) is 5.75 Å². The molecule has 2 aromatic rings. The predicted octanol–water partition coefficient (Wildman–Crippen LogP) is 4.70. The fourth-order valence-electron chi connectivity index (χ4n) is 2.08. The first-order valence-electron chi connectivity index (χ1n) is 7.12. The van der Waals surface area contributed by atoms with E-state index in [4.69, 9.17) is 4.74 Å². The van der Waals surface area contributed by atoms with Crippen LogP contribution >= 0.6 is 0 Å². The standard InChI is InChI=1S/C18H23NO/c1-13(2)20-18-8-6-5-7-17(18)19-12-16-10-9-14(3)15(4)11-16/h5-11,13,19H,12H2,1-4H3. The smallest absolute Gasteiger partial charge is 0.142 e. The van der Waals surface area contributed by atoms with Gasteiger partial charge in [0.2, 0.25) is 0 Å². The molecular formula is C18H23NO. The molecule has 2 nitrogen and oxygen atoms in total. The van der Waals surface area contributed by atoms with Gasteiger partial charge in [-0.15, -0.1) is 0 Å². The first-order valence-corrected chi connectivity index (χ1v) is 7.12. The van der Waals surface area contributed by atoms with Crippen LogP contribution in [0.1, 0.15) is 30.5 Å². The molecule has 0 aromatic heterocycles. The highest BCUT2D eigenvalue weighted by atomic mass is 16.5. The second-order valence-electron chi connectivity index (χ2n) is 5.43. The van der Waals surface area contributed by atoms with Crippen molar-refractivity contribution in [2.75, 3.05) is 5.32 Å². The van der Waals surface area contributed by atoms with Crippen LogP contribution in [0.5, 0.6) is 5.75 Å². The minimum atomic E-state index is 0.180. The minimum absolute atomic E-state index is 0.180. The van der Waals surface area contributed by atoms with Gasteiger partial charge in [-0.25, -0.2) is 0 Å². The highest BCUT2D eigenvalue weighted by molar-refractivity contribution is 5.56. The van der Waals surface area contributed by atoms with Crippen LogP contribution in [0.25, 0.3) is 0 Å². The van der Waals surface area contributed by atoms with Gasteiger partial charge < -0.3 is 10.1 Å². The summed E-state index contributed by atoms with van der Waals surface area (Å²) in [5, 5.41) is 3.46. The lowest BCUT2D eigenvalue weighted by Crippen LogP contribution is -2.08. The number of nitrogens with one attached hydrogen (secondary N) is 1. The van der Waals surface area contributed by atoms with Crippen LogP contribution in [-0.4, -0.2) is 6.10 Å². The number of para-hydroxylation sites is 2. The van der Waals surface area contributed by atoms with E-state index in [1.807, 2.05) is 32.0 Å². The van der Waals surface area contributed by atoms with Crippen LogP contribution in [0.15, 0.2) is 42.5 Å². The van der Waals surface area contributed by atoms with Gasteiger partial charge in [-0.1, -0.05) is 30.3 Å². The number of anilines is 1. The number of rotatable bonds is 5. The third-order valence-corrected chi connectivity index (χ3v) is 3.30. The van der Waals surface area contributed by atoms with Gasteiger partial charge in [0.05, 0.1) is 11.8 Å². The number of hydrogen-bond donors (Lipinski definition) is 1. The Labute approximate surface area is 121 Å². The largest absolute Gasteiger partial charge is 0.489 e. The maximum atomic E-state index is 5.81. The Bertz CT molecular complexity index is 575. The van der Waals surface area contributed by atoms with E-state index >= 15 is 0 Å². The molecule has 1 N–H and O–H groups in total. The summed E-state index contributed by atoms with van der Waals surface area (Å²) in [7, 11) is 0. The maximum absolute atomic E-state index is 5.81. The third-order valence-electron chi connectivity index (χ3n) is 3.30. The molecule has 0 aliphatic rings. The van der Waals surface area contributed by atoms with Crippen molar-refractivity contribution in [3.05, 3.63) is 59.2 Å². The second-order valence-corrected chi connectivity index (χ2v) is 5.43. The molecule has 0 fully saturated rings. The van der Waals surface area contributed by atoms with Crippen LogP contribution in [0.4, 0.5) is 5.69 Å². The molecule has 106 valence electrons. The van der Waals surface area contributed by atoms with E-state index in [1.165, 1.54) is 16.7 Å². The fraction of sp³-hybridized carbons (Fsp3) is 0.333. The SMILES string of the molecule is Cc1ccc(CNc2ccccc2OC(C)C)cc1C. The van der Waals surface area contributed by atoms with E-state index < -0.39 is 0 Å². The van der Waals surface area contributed by atoms with E-state index in [9.17, 15) is 0 Å². The molecule has 2 aromatic carbocycles. The van der Waals surface area contributed by atoms with Crippen molar-refractivity contribution in [1.29, 1.82) is 0 Å². The van der Waals surface area contributed by atoms with Gasteiger partial charge in [0.25, 0.3) is 0 Å². The first kappa shape index (κ1) is 14.4. The van der Waals surface area contributed by atoms with Crippen molar-refractivity contribution in [2.24, 2.45) is 0 Å². The van der Waals surface area contributed by atoms with Crippen molar-refractivity contribution in [2.45, 2.75) is 40.3 Å². The lowest BCUT2D eigenvalue weighted by atomic mass is 10.1. The average Bonchev–Trinajstić information content (AvgIpc) is 2.41. The summed E-state index contributed by atoms with van der Waals surface area (Å²) >= 11 is 0. The summed E-state index contributed by atoms with van der Waals surface area (Å²) < 4.78 is 5.81. The van der Waals surface area contributed by atoms with E-state index in [-0.39, 0.29) is 6.10 Å². The molecule has 0 amide bonds. The van der Waals surface area contributed by atoms with Gasteiger partial charge in [-0.2, -0.15) is 0 Å². The Morgan fingerprint density at radius 1 is 1.00 bits per heavy atom. The lowest BCUT2D eigenvalue weighted by Gasteiger charge is -2.15. The van der Waals surface area contributed by atoms with Crippen molar-refractivity contribution in [1.82, 2.24) is 0 Å². The van der Waals surface area contributed by atoms with Crippen molar-refractivity contribution < 1.29 is 4.74 Å². The molecule has 0 saturated heterocycles. The van der Waals surface area contributed by atoms with Gasteiger partial charge in [0.1, 0.15) is 5.75 Å². The summed E-state index contributed by atoms with van der Waals surface area (Å²) in [6.07, 6.45) is 0.180. The maximum Gasteiger partial charge on any atom is 0.142 e. The summed E-state index contributed by atoms with van der Waals surface area (Å²) in [5.41, 5.74) is 4.99. The Hall–Kier alpha value is -1.96. The highest BCUT2D eigenvalue weighted by Gasteiger charge is 2.04. The molecule has 0 aliphatic heterocycles. The van der Waals surface area contributed by atoms with Crippen LogP contribution < -0.4 is 10.1 Å². The molecular weight excluding hydrogens is 246 g/mol. The number of ether oxygens (including phenoxy) is 1. The quantitative estimate of drug-likeness (QED) is 0.849. The summed E-state index contributed by atoms with van der Waals surface area (Å²) in [4.78, 5) is 0. The lowest BCUT2D eigenvalue weighted by molar-refractivity contribution is 0.243. The monoisotopic (exact) mass is 269 g/mol. The zero-order chi connectivity index (χ0) is 14.5. The molecule has 0 spiro atoms. The molecule has 2 heteroatoms. The Morgan fingerprint density at radius 3 is 2.45 bits per heavy atom. The topological polar surface area (TPSA) is 21.3 Å². The third kappa shape index (κ3) is 3.77. The molecule has 0 radical (unpaired) electrons. The van der Waals surface area contributed by atoms with Crippen LogP contribution in [-0.2, 0) is 6.54 Å². The van der Waals surface area contributed by atoms with Crippen molar-refractivity contribution in [3.63, 3.8) is 0 Å². The Kier molecular flexibility index (Phi) is 4.67. The van der Waals surface area contributed by atoms with Crippen molar-refractivity contribution >= 4 is 5.69 Å². The highest BCUT2D eigenvalue weighted by Crippen LogP contribution is 2.25. The van der Waals surface area contributed by atoms with Crippen LogP contribution in [0.2, 0.25) is 0 Å². The second kappa shape index (κ2) is 6.47. The van der Waals surface area contributed by atoms with E-state index in [2.05, 4.69) is 43.4 Å². The summed E-state index contributed by atoms with van der Waals surface area (Å²) in [5.74, 6) is 0.909.